The molecule has 98 heavy (non-hydrogen) atoms. The molecule has 26 heteroatoms. The predicted molar refractivity (Wildman–Crippen MR) is 372 cm³/mol. The van der Waals surface area contributed by atoms with E-state index in [-0.39, 0.29) is 29.8 Å². The Balaban J connectivity index is 0.000000154. The van der Waals surface area contributed by atoms with Crippen molar-refractivity contribution in [2.24, 2.45) is 0 Å². The number of alkyl halides is 1. The van der Waals surface area contributed by atoms with Crippen molar-refractivity contribution < 1.29 is 66.6 Å². The number of nitrogens with zero attached hydrogens (tertiary/aromatic N) is 10. The Hall–Kier alpha value is -8.50. The average Bonchev–Trinajstić information content (AvgIpc) is 1.71. The number of rotatable bonds is 18. The Morgan fingerprint density at radius 3 is 1.41 bits per heavy atom. The number of morpholine rings is 4. The monoisotopic (exact) mass is 1370 g/mol. The second-order valence-electron chi connectivity index (χ2n) is 24.8. The van der Waals surface area contributed by atoms with Crippen LogP contribution in [0.2, 0.25) is 0 Å². The third-order valence-corrected chi connectivity index (χ3v) is 17.0. The third-order valence-electron chi connectivity index (χ3n) is 16.9. The SMILES string of the molecule is CC(C)(C)OC(=O)Nc1cc(F)ccc1CC(=O)c1ccc2c(cnn2CCN2CCOCC2)c1.COC(=O)c1ccc2c(c1)C=CC2.COC(=O)c1ccc2c(cnn2CCN2CCOCC2)c1.ClCCN1CCOCC1.O=C(O)c1ccc2c(cnn2CCN2CCOCC2)c1. The standard InChI is InChI=1S/C26H31FN4O4.C15H19N3O3.C14H17N3O3.C11H10O2.C6H12ClNO/c1-26(2,3)35-25(33)29-22-16-21(27)6-4-18(22)15-24(32)19-5-7-23-20(14-19)17-28-31(23)9-8-30-10-12-34-13-11-30;1-20-15(19)12-2-3-14-13(10-12)11-16-18(14)5-4-17-6-8-21-9-7-17;18-14(19)11-1-2-13-12(9-11)10-15-17(13)4-3-16-5-7-20-8-6-16;1-13-11(12)10-6-5-8-3-2-4-9(8)7-10;7-1-2-8-3-5-9-6-4-8/h4-7,14,16-17H,8-13,15H2,1-3H3,(H,29,33);2-3,10-11H,4-9H2,1H3;1-2,9-10H,3-8H2,(H,18,19);2,4-7H,3H2,1H3;1-6H2. The number of benzene rings is 5. The fourth-order valence-corrected chi connectivity index (χ4v) is 11.7. The van der Waals surface area contributed by atoms with Gasteiger partial charge in [-0.05, 0) is 123 Å². The van der Waals surface area contributed by atoms with Gasteiger partial charge in [-0.15, -0.1) is 11.6 Å². The van der Waals surface area contributed by atoms with Gasteiger partial charge in [0.15, 0.2) is 5.78 Å². The number of allylic oxidation sites excluding steroid dienone is 1. The fraction of sp³-hybridized carbons (Fsp3) is 0.444. The van der Waals surface area contributed by atoms with Gasteiger partial charge in [-0.1, -0.05) is 24.3 Å². The molecule has 0 spiro atoms. The van der Waals surface area contributed by atoms with Crippen LogP contribution in [-0.4, -0.2) is 241 Å². The summed E-state index contributed by atoms with van der Waals surface area (Å²) < 4.78 is 55.6. The first-order valence-electron chi connectivity index (χ1n) is 33.1. The van der Waals surface area contributed by atoms with Crippen molar-refractivity contribution in [1.29, 1.82) is 0 Å². The zero-order chi connectivity index (χ0) is 69.4. The molecule has 7 heterocycles. The van der Waals surface area contributed by atoms with E-state index in [0.29, 0.717) is 27.8 Å². The maximum absolute atomic E-state index is 13.9. The Kier molecular flexibility index (Phi) is 27.8. The number of carboxylic acid groups (broad SMARTS) is 1. The molecule has 0 unspecified atom stereocenters. The van der Waals surface area contributed by atoms with Gasteiger partial charge in [0.2, 0.25) is 0 Å². The van der Waals surface area contributed by atoms with Crippen molar-refractivity contribution in [3.05, 3.63) is 160 Å². The normalized spacial score (nSPS) is 15.9. The molecule has 4 aliphatic heterocycles. The number of aromatic carboxylic acids is 1. The predicted octanol–water partition coefficient (Wildman–Crippen LogP) is 9.10. The maximum Gasteiger partial charge on any atom is 0.412 e. The van der Waals surface area contributed by atoms with Crippen molar-refractivity contribution in [2.45, 2.75) is 58.8 Å². The minimum absolute atomic E-state index is 0.00207. The number of Topliss-reactive ketones (excluding diaryl/α,β-unsaturated/α-hetero) is 1. The average molecular weight is 1370 g/mol. The number of hydrogen-bond donors (Lipinski definition) is 2. The number of amides is 1. The van der Waals surface area contributed by atoms with E-state index in [2.05, 4.69) is 51.0 Å². The van der Waals surface area contributed by atoms with Crippen molar-refractivity contribution in [2.75, 3.05) is 157 Å². The molecule has 524 valence electrons. The lowest BCUT2D eigenvalue weighted by Crippen LogP contribution is -2.38. The number of carbonyl (C=O) groups is 5. The van der Waals surface area contributed by atoms with E-state index in [0.717, 1.165) is 202 Å². The molecule has 0 radical (unpaired) electrons. The third kappa shape index (κ3) is 22.0. The van der Waals surface area contributed by atoms with Crippen molar-refractivity contribution in [3.63, 3.8) is 0 Å². The number of anilines is 1. The smallest absolute Gasteiger partial charge is 0.412 e. The highest BCUT2D eigenvalue weighted by Crippen LogP contribution is 2.25. The number of aromatic nitrogens is 6. The molecule has 8 aromatic rings. The highest BCUT2D eigenvalue weighted by atomic mass is 35.5. The van der Waals surface area contributed by atoms with Gasteiger partial charge in [0.1, 0.15) is 11.4 Å². The van der Waals surface area contributed by atoms with Gasteiger partial charge in [0.05, 0.1) is 144 Å². The summed E-state index contributed by atoms with van der Waals surface area (Å²) in [6.45, 7) is 25.7. The van der Waals surface area contributed by atoms with Crippen LogP contribution >= 0.6 is 11.6 Å². The lowest BCUT2D eigenvalue weighted by molar-refractivity contribution is 0.0361. The Bertz CT molecular complexity index is 3970. The molecular formula is C72H89ClFN11O13. The number of carbonyl (C=O) groups excluding carboxylic acids is 4. The zero-order valence-electron chi connectivity index (χ0n) is 56.5. The summed E-state index contributed by atoms with van der Waals surface area (Å²) in [6, 6.07) is 25.7. The first-order chi connectivity index (χ1) is 47.4. The van der Waals surface area contributed by atoms with Crippen LogP contribution in [0.1, 0.15) is 78.9 Å². The number of nitrogens with one attached hydrogen (secondary N) is 1. The number of methoxy groups -OCH3 is 2. The first kappa shape index (κ1) is 73.7. The van der Waals surface area contributed by atoms with E-state index in [1.165, 1.54) is 38.0 Å². The zero-order valence-corrected chi connectivity index (χ0v) is 57.3. The summed E-state index contributed by atoms with van der Waals surface area (Å²) in [5, 5.41) is 27.5. The fourth-order valence-electron chi connectivity index (χ4n) is 11.5. The summed E-state index contributed by atoms with van der Waals surface area (Å²) in [6.07, 6.45) is 9.66. The maximum atomic E-state index is 13.9. The van der Waals surface area contributed by atoms with E-state index in [1.54, 1.807) is 69.7 Å². The Morgan fingerprint density at radius 2 is 0.959 bits per heavy atom. The van der Waals surface area contributed by atoms with Gasteiger partial charge in [0, 0.05) is 113 Å². The van der Waals surface area contributed by atoms with Crippen LogP contribution in [0.3, 0.4) is 0 Å². The minimum atomic E-state index is -0.909. The van der Waals surface area contributed by atoms with Gasteiger partial charge < -0.3 is 38.3 Å². The highest BCUT2D eigenvalue weighted by Gasteiger charge is 2.21. The van der Waals surface area contributed by atoms with Gasteiger partial charge in [-0.3, -0.25) is 43.8 Å². The largest absolute Gasteiger partial charge is 0.478 e. The Morgan fingerprint density at radius 1 is 0.541 bits per heavy atom. The second kappa shape index (κ2) is 36.9. The molecular weight excluding hydrogens is 1280 g/mol. The van der Waals surface area contributed by atoms with Crippen LogP contribution in [0.5, 0.6) is 0 Å². The summed E-state index contributed by atoms with van der Waals surface area (Å²) in [5.74, 6) is -1.43. The number of carboxylic acids is 1. The summed E-state index contributed by atoms with van der Waals surface area (Å²) in [5.41, 5.74) is 7.38. The Labute approximate surface area is 575 Å². The lowest BCUT2D eigenvalue weighted by Gasteiger charge is -2.26. The van der Waals surface area contributed by atoms with Crippen LogP contribution in [0.15, 0.2) is 116 Å². The topological polar surface area (TPSA) is 249 Å². The van der Waals surface area contributed by atoms with Gasteiger partial charge in [-0.2, -0.15) is 15.3 Å². The van der Waals surface area contributed by atoms with Crippen molar-refractivity contribution in [3.8, 4) is 0 Å². The number of ketones is 1. The molecule has 1 amide bonds. The first-order valence-corrected chi connectivity index (χ1v) is 33.6. The van der Waals surface area contributed by atoms with Crippen LogP contribution < -0.4 is 5.32 Å². The minimum Gasteiger partial charge on any atom is -0.478 e. The molecule has 0 saturated carbocycles. The molecule has 13 rings (SSSR count). The molecule has 24 nitrogen and oxygen atoms in total. The van der Waals surface area contributed by atoms with E-state index >= 15 is 0 Å². The highest BCUT2D eigenvalue weighted by molar-refractivity contribution is 6.18. The van der Waals surface area contributed by atoms with Gasteiger partial charge in [0.25, 0.3) is 0 Å². The molecule has 3 aromatic heterocycles. The molecule has 0 bridgehead atoms. The molecule has 2 N–H and O–H groups in total. The van der Waals surface area contributed by atoms with Crippen LogP contribution in [0, 0.1) is 5.82 Å². The second-order valence-corrected chi connectivity index (χ2v) is 25.1. The molecule has 4 saturated heterocycles. The van der Waals surface area contributed by atoms with Crippen molar-refractivity contribution in [1.82, 2.24) is 48.9 Å². The number of esters is 2. The van der Waals surface area contributed by atoms with Crippen LogP contribution in [-0.2, 0) is 65.6 Å². The molecule has 5 aromatic carbocycles. The van der Waals surface area contributed by atoms with Gasteiger partial charge >= 0.3 is 24.0 Å². The molecule has 5 aliphatic rings. The quantitative estimate of drug-likeness (QED) is 0.0352. The molecule has 4 fully saturated rings. The number of halogens is 2. The van der Waals surface area contributed by atoms with Crippen LogP contribution in [0.4, 0.5) is 14.9 Å². The molecule has 1 aliphatic carbocycles. The molecule has 0 atom stereocenters. The van der Waals surface area contributed by atoms with Crippen molar-refractivity contribution >= 4 is 85.9 Å². The number of ether oxygens (including phenoxy) is 7. The lowest BCUT2D eigenvalue weighted by atomic mass is 10.0. The van der Waals surface area contributed by atoms with E-state index in [1.807, 2.05) is 62.6 Å². The van der Waals surface area contributed by atoms with E-state index in [4.69, 9.17) is 45.1 Å². The summed E-state index contributed by atoms with van der Waals surface area (Å²) >= 11 is 5.55. The number of fused-ring (bicyclic) bond motifs is 4. The van der Waals surface area contributed by atoms with Gasteiger partial charge in [-0.25, -0.2) is 23.6 Å². The van der Waals surface area contributed by atoms with E-state index in [9.17, 15) is 28.4 Å². The number of hydrogen-bond acceptors (Lipinski definition) is 19. The van der Waals surface area contributed by atoms with E-state index < -0.39 is 23.5 Å². The summed E-state index contributed by atoms with van der Waals surface area (Å²) in [4.78, 5) is 68.3. The summed E-state index contributed by atoms with van der Waals surface area (Å²) in [7, 11) is 2.78. The van der Waals surface area contributed by atoms with Crippen LogP contribution in [0.25, 0.3) is 38.8 Å².